The summed E-state index contributed by atoms with van der Waals surface area (Å²) in [6, 6.07) is 9.48. The highest BCUT2D eigenvalue weighted by atomic mass is 16.5. The highest BCUT2D eigenvalue weighted by Gasteiger charge is 2.34. The Kier molecular flexibility index (Phi) is 4.31. The summed E-state index contributed by atoms with van der Waals surface area (Å²) in [6.45, 7) is 1.99. The van der Waals surface area contributed by atoms with E-state index in [0.717, 1.165) is 5.69 Å². The topological polar surface area (TPSA) is 47.6 Å². The maximum atomic E-state index is 11.7. The predicted molar refractivity (Wildman–Crippen MR) is 62.4 cm³/mol. The van der Waals surface area contributed by atoms with Gasteiger partial charge in [0.25, 0.3) is 0 Å². The van der Waals surface area contributed by atoms with E-state index in [1.807, 2.05) is 30.3 Å². The molecule has 1 unspecified atom stereocenters. The van der Waals surface area contributed by atoms with Crippen LogP contribution in [0.5, 0.6) is 0 Å². The van der Waals surface area contributed by atoms with E-state index >= 15 is 0 Å². The Morgan fingerprint density at radius 1 is 1.31 bits per heavy atom. The SMILES string of the molecule is COCC(C)(Nc1ccccc1)C(=O)OC. The fourth-order valence-electron chi connectivity index (χ4n) is 1.50. The van der Waals surface area contributed by atoms with Crippen LogP contribution in [0.25, 0.3) is 0 Å². The van der Waals surface area contributed by atoms with Crippen LogP contribution in [-0.4, -0.2) is 32.3 Å². The molecule has 0 saturated heterocycles. The summed E-state index contributed by atoms with van der Waals surface area (Å²) in [4.78, 5) is 11.7. The molecule has 0 amide bonds. The summed E-state index contributed by atoms with van der Waals surface area (Å²) in [5, 5.41) is 3.11. The van der Waals surface area contributed by atoms with Gasteiger partial charge in [-0.1, -0.05) is 18.2 Å². The molecular formula is C12H17NO3. The maximum Gasteiger partial charge on any atom is 0.333 e. The number of rotatable bonds is 5. The number of hydrogen-bond donors (Lipinski definition) is 1. The summed E-state index contributed by atoms with van der Waals surface area (Å²) >= 11 is 0. The van der Waals surface area contributed by atoms with Gasteiger partial charge in [0, 0.05) is 12.8 Å². The minimum atomic E-state index is -0.870. The number of para-hydroxylation sites is 1. The van der Waals surface area contributed by atoms with E-state index in [-0.39, 0.29) is 12.6 Å². The number of anilines is 1. The van der Waals surface area contributed by atoms with Crippen LogP contribution in [0.15, 0.2) is 30.3 Å². The zero-order valence-electron chi connectivity index (χ0n) is 9.82. The Morgan fingerprint density at radius 3 is 2.44 bits per heavy atom. The van der Waals surface area contributed by atoms with Crippen molar-refractivity contribution in [3.8, 4) is 0 Å². The molecule has 1 aromatic rings. The molecule has 0 bridgehead atoms. The molecule has 0 saturated carbocycles. The van der Waals surface area contributed by atoms with E-state index in [4.69, 9.17) is 9.47 Å². The molecule has 4 nitrogen and oxygen atoms in total. The second-order valence-electron chi connectivity index (χ2n) is 3.75. The van der Waals surface area contributed by atoms with Crippen molar-refractivity contribution in [3.63, 3.8) is 0 Å². The lowest BCUT2D eigenvalue weighted by molar-refractivity contribution is -0.147. The summed E-state index contributed by atoms with van der Waals surface area (Å²) in [6.07, 6.45) is 0. The molecule has 1 atom stereocenters. The van der Waals surface area contributed by atoms with Gasteiger partial charge in [0.2, 0.25) is 0 Å². The molecule has 16 heavy (non-hydrogen) atoms. The first-order valence-electron chi connectivity index (χ1n) is 5.03. The molecular weight excluding hydrogens is 206 g/mol. The van der Waals surface area contributed by atoms with Gasteiger partial charge in [-0.15, -0.1) is 0 Å². The fourth-order valence-corrected chi connectivity index (χ4v) is 1.50. The van der Waals surface area contributed by atoms with Crippen LogP contribution in [0.4, 0.5) is 5.69 Å². The summed E-state index contributed by atoms with van der Waals surface area (Å²) in [7, 11) is 2.91. The zero-order valence-corrected chi connectivity index (χ0v) is 9.82. The average molecular weight is 223 g/mol. The molecule has 0 aliphatic rings. The molecule has 1 rings (SSSR count). The second-order valence-corrected chi connectivity index (χ2v) is 3.75. The third-order valence-corrected chi connectivity index (χ3v) is 2.26. The molecule has 0 spiro atoms. The first-order chi connectivity index (χ1) is 7.62. The lowest BCUT2D eigenvalue weighted by atomic mass is 10.0. The van der Waals surface area contributed by atoms with Gasteiger partial charge in [0.1, 0.15) is 0 Å². The number of carbonyl (C=O) groups is 1. The van der Waals surface area contributed by atoms with Gasteiger partial charge in [-0.05, 0) is 19.1 Å². The van der Waals surface area contributed by atoms with Crippen molar-refractivity contribution in [1.29, 1.82) is 0 Å². The van der Waals surface area contributed by atoms with Crippen LogP contribution in [0, 0.1) is 0 Å². The highest BCUT2D eigenvalue weighted by molar-refractivity contribution is 5.84. The number of carbonyl (C=O) groups excluding carboxylic acids is 1. The first kappa shape index (κ1) is 12.5. The van der Waals surface area contributed by atoms with Crippen molar-refractivity contribution in [3.05, 3.63) is 30.3 Å². The molecule has 1 N–H and O–H groups in total. The molecule has 0 aliphatic carbocycles. The Morgan fingerprint density at radius 2 is 1.94 bits per heavy atom. The smallest absolute Gasteiger partial charge is 0.333 e. The fraction of sp³-hybridized carbons (Fsp3) is 0.417. The van der Waals surface area contributed by atoms with Crippen molar-refractivity contribution in [1.82, 2.24) is 0 Å². The van der Waals surface area contributed by atoms with Crippen molar-refractivity contribution in [2.75, 3.05) is 26.1 Å². The van der Waals surface area contributed by atoms with Crippen molar-refractivity contribution in [2.24, 2.45) is 0 Å². The molecule has 0 aliphatic heterocycles. The quantitative estimate of drug-likeness (QED) is 0.771. The largest absolute Gasteiger partial charge is 0.467 e. The van der Waals surface area contributed by atoms with Gasteiger partial charge < -0.3 is 14.8 Å². The van der Waals surface area contributed by atoms with E-state index in [1.54, 1.807) is 14.0 Å². The standard InChI is InChI=1S/C12H17NO3/c1-12(9-15-2,11(14)16-3)13-10-7-5-4-6-8-10/h4-8,13H,9H2,1-3H3. The number of nitrogens with one attached hydrogen (secondary N) is 1. The molecule has 0 heterocycles. The Hall–Kier alpha value is -1.55. The Balaban J connectivity index is 2.83. The van der Waals surface area contributed by atoms with Crippen molar-refractivity contribution >= 4 is 11.7 Å². The van der Waals surface area contributed by atoms with Gasteiger partial charge in [-0.2, -0.15) is 0 Å². The van der Waals surface area contributed by atoms with E-state index < -0.39 is 5.54 Å². The number of benzene rings is 1. The molecule has 1 aromatic carbocycles. The zero-order chi connectivity index (χ0) is 12.0. The van der Waals surface area contributed by atoms with Crippen LogP contribution < -0.4 is 5.32 Å². The van der Waals surface area contributed by atoms with Crippen LogP contribution in [0.3, 0.4) is 0 Å². The van der Waals surface area contributed by atoms with Crippen molar-refractivity contribution < 1.29 is 14.3 Å². The third-order valence-electron chi connectivity index (χ3n) is 2.26. The van der Waals surface area contributed by atoms with E-state index in [9.17, 15) is 4.79 Å². The van der Waals surface area contributed by atoms with Crippen molar-refractivity contribution in [2.45, 2.75) is 12.5 Å². The maximum absolute atomic E-state index is 11.7. The number of hydrogen-bond acceptors (Lipinski definition) is 4. The predicted octanol–water partition coefficient (Wildman–Crippen LogP) is 1.68. The molecule has 0 fully saturated rings. The number of esters is 1. The average Bonchev–Trinajstić information content (AvgIpc) is 2.29. The molecule has 0 radical (unpaired) electrons. The normalized spacial score (nSPS) is 13.9. The van der Waals surface area contributed by atoms with E-state index in [2.05, 4.69) is 5.32 Å². The highest BCUT2D eigenvalue weighted by Crippen LogP contribution is 2.16. The molecule has 4 heteroatoms. The molecule has 0 aromatic heterocycles. The van der Waals surface area contributed by atoms with Gasteiger partial charge in [0.05, 0.1) is 13.7 Å². The van der Waals surface area contributed by atoms with E-state index in [0.29, 0.717) is 0 Å². The summed E-state index contributed by atoms with van der Waals surface area (Å²) in [5.74, 6) is -0.349. The van der Waals surface area contributed by atoms with Gasteiger partial charge >= 0.3 is 5.97 Å². The number of methoxy groups -OCH3 is 2. The van der Waals surface area contributed by atoms with E-state index in [1.165, 1.54) is 7.11 Å². The van der Waals surface area contributed by atoms with Crippen LogP contribution in [-0.2, 0) is 14.3 Å². The van der Waals surface area contributed by atoms with Gasteiger partial charge in [-0.3, -0.25) is 0 Å². The summed E-state index contributed by atoms with van der Waals surface area (Å²) < 4.78 is 9.80. The third kappa shape index (κ3) is 2.97. The molecule has 88 valence electrons. The lowest BCUT2D eigenvalue weighted by Gasteiger charge is -2.28. The lowest BCUT2D eigenvalue weighted by Crippen LogP contribution is -2.48. The second kappa shape index (κ2) is 5.51. The van der Waals surface area contributed by atoms with Crippen LogP contribution in [0.2, 0.25) is 0 Å². The van der Waals surface area contributed by atoms with Crippen LogP contribution >= 0.6 is 0 Å². The Labute approximate surface area is 95.6 Å². The van der Waals surface area contributed by atoms with Crippen LogP contribution in [0.1, 0.15) is 6.92 Å². The summed E-state index contributed by atoms with van der Waals surface area (Å²) in [5.41, 5.74) is -0.0161. The van der Waals surface area contributed by atoms with Gasteiger partial charge in [-0.25, -0.2) is 4.79 Å². The minimum absolute atomic E-state index is 0.245. The van der Waals surface area contributed by atoms with Gasteiger partial charge in [0.15, 0.2) is 5.54 Å². The minimum Gasteiger partial charge on any atom is -0.467 e. The Bertz CT molecular complexity index is 339. The first-order valence-corrected chi connectivity index (χ1v) is 5.03. The monoisotopic (exact) mass is 223 g/mol. The number of ether oxygens (including phenoxy) is 2.